The van der Waals surface area contributed by atoms with Crippen LogP contribution < -0.4 is 5.32 Å². The number of aryl methyl sites for hydroxylation is 1. The smallest absolute Gasteiger partial charge is 0.255 e. The van der Waals surface area contributed by atoms with Crippen LogP contribution in [0.25, 0.3) is 0 Å². The van der Waals surface area contributed by atoms with Gasteiger partial charge >= 0.3 is 0 Å². The van der Waals surface area contributed by atoms with E-state index in [0.717, 1.165) is 15.6 Å². The first kappa shape index (κ1) is 13.1. The summed E-state index contributed by atoms with van der Waals surface area (Å²) in [6.45, 7) is 2.76. The fraction of sp³-hybridized carbons (Fsp3) is 0.444. The zero-order chi connectivity index (χ0) is 13.5. The highest BCUT2D eigenvalue weighted by Crippen LogP contribution is 2.24. The molecule has 9 heteroatoms. The van der Waals surface area contributed by atoms with E-state index in [4.69, 9.17) is 0 Å². The molecule has 0 spiro atoms. The standard InChI is InChI=1S/C9H11N3O4S2/c1-5-9(14)11-7(13)4-12(5)18(15,16)8-3-10-6(2)17-8/h3,5H,4H2,1-2H3,(H,11,13,14). The maximum atomic E-state index is 12.3. The van der Waals surface area contributed by atoms with Gasteiger partial charge in [-0.1, -0.05) is 0 Å². The van der Waals surface area contributed by atoms with Crippen LogP contribution in [0.1, 0.15) is 11.9 Å². The first-order valence-electron chi connectivity index (χ1n) is 5.10. The molecule has 0 bridgehead atoms. The van der Waals surface area contributed by atoms with Gasteiger partial charge in [0.2, 0.25) is 11.8 Å². The van der Waals surface area contributed by atoms with Crippen molar-refractivity contribution < 1.29 is 18.0 Å². The third-order valence-corrected chi connectivity index (χ3v) is 5.80. The van der Waals surface area contributed by atoms with E-state index < -0.39 is 27.9 Å². The zero-order valence-corrected chi connectivity index (χ0v) is 11.3. The van der Waals surface area contributed by atoms with E-state index in [1.807, 2.05) is 0 Å². The van der Waals surface area contributed by atoms with E-state index in [9.17, 15) is 18.0 Å². The Balaban J connectivity index is 2.40. The van der Waals surface area contributed by atoms with Gasteiger partial charge in [0.15, 0.2) is 4.21 Å². The van der Waals surface area contributed by atoms with Crippen LogP contribution in [0.15, 0.2) is 10.4 Å². The lowest BCUT2D eigenvalue weighted by molar-refractivity contribution is -0.136. The third-order valence-electron chi connectivity index (χ3n) is 2.54. The van der Waals surface area contributed by atoms with Crippen molar-refractivity contribution in [3.8, 4) is 0 Å². The molecular weight excluding hydrogens is 278 g/mol. The zero-order valence-electron chi connectivity index (χ0n) is 9.71. The Hall–Kier alpha value is -1.32. The van der Waals surface area contributed by atoms with Crippen LogP contribution in [0.4, 0.5) is 0 Å². The number of imide groups is 1. The Kier molecular flexibility index (Phi) is 3.21. The number of sulfonamides is 1. The highest BCUT2D eigenvalue weighted by atomic mass is 32.2. The Labute approximate surface area is 108 Å². The molecule has 1 N–H and O–H groups in total. The summed E-state index contributed by atoms with van der Waals surface area (Å²) in [4.78, 5) is 26.6. The molecular formula is C9H11N3O4S2. The fourth-order valence-electron chi connectivity index (χ4n) is 1.56. The number of thiazole rings is 1. The number of nitrogens with one attached hydrogen (secondary N) is 1. The predicted molar refractivity (Wildman–Crippen MR) is 63.4 cm³/mol. The lowest BCUT2D eigenvalue weighted by atomic mass is 10.2. The number of nitrogens with zero attached hydrogens (tertiary/aromatic N) is 2. The van der Waals surface area contributed by atoms with Crippen molar-refractivity contribution in [2.75, 3.05) is 6.54 Å². The number of hydrogen-bond donors (Lipinski definition) is 1. The quantitative estimate of drug-likeness (QED) is 0.739. The number of hydrogen-bond acceptors (Lipinski definition) is 6. The van der Waals surface area contributed by atoms with Crippen molar-refractivity contribution in [2.24, 2.45) is 0 Å². The molecule has 2 heterocycles. The van der Waals surface area contributed by atoms with E-state index in [1.54, 1.807) is 6.92 Å². The van der Waals surface area contributed by atoms with Crippen molar-refractivity contribution in [3.63, 3.8) is 0 Å². The van der Waals surface area contributed by atoms with Crippen molar-refractivity contribution in [3.05, 3.63) is 11.2 Å². The molecule has 0 aliphatic carbocycles. The molecule has 0 saturated carbocycles. The summed E-state index contributed by atoms with van der Waals surface area (Å²) in [5.74, 6) is -1.24. The molecule has 1 aromatic heterocycles. The first-order valence-corrected chi connectivity index (χ1v) is 7.36. The maximum absolute atomic E-state index is 12.3. The van der Waals surface area contributed by atoms with Gasteiger partial charge < -0.3 is 0 Å². The van der Waals surface area contributed by atoms with Gasteiger partial charge in [-0.2, -0.15) is 4.31 Å². The predicted octanol–water partition coefficient (Wildman–Crippen LogP) is -0.513. The normalized spacial score (nSPS) is 22.0. The Morgan fingerprint density at radius 1 is 1.50 bits per heavy atom. The second-order valence-corrected chi connectivity index (χ2v) is 7.19. The molecule has 1 fully saturated rings. The third kappa shape index (κ3) is 2.16. The molecule has 0 radical (unpaired) electrons. The van der Waals surface area contributed by atoms with Crippen LogP contribution in [0.3, 0.4) is 0 Å². The monoisotopic (exact) mass is 289 g/mol. The average Bonchev–Trinajstić information content (AvgIpc) is 2.70. The van der Waals surface area contributed by atoms with Crippen molar-refractivity contribution in [1.82, 2.24) is 14.6 Å². The van der Waals surface area contributed by atoms with Gasteiger partial charge in [-0.3, -0.25) is 14.9 Å². The largest absolute Gasteiger partial charge is 0.294 e. The Morgan fingerprint density at radius 3 is 2.72 bits per heavy atom. The minimum Gasteiger partial charge on any atom is -0.294 e. The van der Waals surface area contributed by atoms with Crippen LogP contribution >= 0.6 is 11.3 Å². The summed E-state index contributed by atoms with van der Waals surface area (Å²) in [5, 5.41) is 2.70. The fourth-order valence-corrected chi connectivity index (χ4v) is 4.35. The highest BCUT2D eigenvalue weighted by Gasteiger charge is 2.39. The van der Waals surface area contributed by atoms with E-state index in [2.05, 4.69) is 10.3 Å². The summed E-state index contributed by atoms with van der Waals surface area (Å²) < 4.78 is 25.5. The van der Waals surface area contributed by atoms with Gasteiger partial charge in [0.05, 0.1) is 17.7 Å². The number of carbonyl (C=O) groups is 2. The second kappa shape index (κ2) is 4.41. The van der Waals surface area contributed by atoms with Crippen LogP contribution in [-0.4, -0.2) is 42.1 Å². The minimum absolute atomic E-state index is 0.0364. The molecule has 2 rings (SSSR count). The topological polar surface area (TPSA) is 96.4 Å². The van der Waals surface area contributed by atoms with Crippen LogP contribution in [0.2, 0.25) is 0 Å². The van der Waals surface area contributed by atoms with Crippen LogP contribution in [0, 0.1) is 6.92 Å². The molecule has 18 heavy (non-hydrogen) atoms. The Bertz CT molecular complexity index is 607. The van der Waals surface area contributed by atoms with E-state index in [0.29, 0.717) is 5.01 Å². The molecule has 7 nitrogen and oxygen atoms in total. The lowest BCUT2D eigenvalue weighted by Crippen LogP contribution is -2.58. The average molecular weight is 289 g/mol. The number of carbonyl (C=O) groups excluding carboxylic acids is 2. The van der Waals surface area contributed by atoms with Gasteiger partial charge in [0.25, 0.3) is 10.0 Å². The van der Waals surface area contributed by atoms with Crippen molar-refractivity contribution in [1.29, 1.82) is 0 Å². The molecule has 98 valence electrons. The summed E-state index contributed by atoms with van der Waals surface area (Å²) in [5.41, 5.74) is 0. The van der Waals surface area contributed by atoms with Crippen molar-refractivity contribution >= 4 is 33.2 Å². The number of piperazine rings is 1. The van der Waals surface area contributed by atoms with Gasteiger partial charge in [0.1, 0.15) is 6.04 Å². The summed E-state index contributed by atoms with van der Waals surface area (Å²) >= 11 is 1.01. The van der Waals surface area contributed by atoms with E-state index in [-0.39, 0.29) is 10.8 Å². The van der Waals surface area contributed by atoms with E-state index in [1.165, 1.54) is 13.1 Å². The number of rotatable bonds is 2. The summed E-state index contributed by atoms with van der Waals surface area (Å²) in [6.07, 6.45) is 1.24. The van der Waals surface area contributed by atoms with E-state index >= 15 is 0 Å². The first-order chi connectivity index (χ1) is 8.32. The molecule has 1 aromatic rings. The molecule has 1 aliphatic heterocycles. The maximum Gasteiger partial charge on any atom is 0.255 e. The summed E-state index contributed by atoms with van der Waals surface area (Å²) in [7, 11) is -3.85. The van der Waals surface area contributed by atoms with Gasteiger partial charge in [-0.25, -0.2) is 13.4 Å². The lowest BCUT2D eigenvalue weighted by Gasteiger charge is -2.29. The molecule has 1 aliphatic rings. The van der Waals surface area contributed by atoms with Crippen LogP contribution in [0.5, 0.6) is 0 Å². The number of aromatic nitrogens is 1. The second-order valence-electron chi connectivity index (χ2n) is 3.84. The molecule has 1 atom stereocenters. The molecule has 1 unspecified atom stereocenters. The number of amides is 2. The molecule has 0 aromatic carbocycles. The molecule has 2 amide bonds. The van der Waals surface area contributed by atoms with Crippen molar-refractivity contribution in [2.45, 2.75) is 24.1 Å². The van der Waals surface area contributed by atoms with Gasteiger partial charge in [-0.05, 0) is 13.8 Å². The van der Waals surface area contributed by atoms with Gasteiger partial charge in [0, 0.05) is 0 Å². The highest BCUT2D eigenvalue weighted by molar-refractivity contribution is 7.91. The molecule has 1 saturated heterocycles. The minimum atomic E-state index is -3.85. The van der Waals surface area contributed by atoms with Crippen LogP contribution in [-0.2, 0) is 19.6 Å². The summed E-state index contributed by atoms with van der Waals surface area (Å²) in [6, 6.07) is -0.907. The Morgan fingerprint density at radius 2 is 2.17 bits per heavy atom. The SMILES string of the molecule is Cc1ncc(S(=O)(=O)N2CC(=O)NC(=O)C2C)s1. The van der Waals surface area contributed by atoms with Gasteiger partial charge in [-0.15, -0.1) is 11.3 Å².